The lowest BCUT2D eigenvalue weighted by molar-refractivity contribution is -0.384. The molecule has 8 heteroatoms. The average molecular weight is 371 g/mol. The maximum Gasteiger partial charge on any atom is 0.280 e. The van der Waals surface area contributed by atoms with E-state index < -0.39 is 4.92 Å². The molecule has 26 heavy (non-hydrogen) atoms. The van der Waals surface area contributed by atoms with Gasteiger partial charge in [0.2, 0.25) is 0 Å². The SMILES string of the molecule is CC(=Nc1ccccc1Cl)c1c(C)[nH]n(-c2ccc([N+](=O)[O-])cc2)c1=O. The van der Waals surface area contributed by atoms with Crippen molar-refractivity contribution in [1.82, 2.24) is 9.78 Å². The van der Waals surface area contributed by atoms with Crippen LogP contribution in [0.3, 0.4) is 0 Å². The standard InChI is InChI=1S/C18H15ClN4O3/c1-11(20-16-6-4-3-5-15(16)19)17-12(2)21-22(18(17)24)13-7-9-14(10-8-13)23(25)26/h3-10,21H,1-2H3. The number of aliphatic imine (C=N–C) groups is 1. The van der Waals surface area contributed by atoms with Crippen molar-refractivity contribution >= 4 is 28.7 Å². The molecule has 0 fully saturated rings. The number of nitro benzene ring substituents is 1. The van der Waals surface area contributed by atoms with Gasteiger partial charge in [0.15, 0.2) is 0 Å². The van der Waals surface area contributed by atoms with E-state index in [0.29, 0.717) is 33.4 Å². The van der Waals surface area contributed by atoms with Crippen molar-refractivity contribution in [2.24, 2.45) is 4.99 Å². The lowest BCUT2D eigenvalue weighted by atomic mass is 10.1. The highest BCUT2D eigenvalue weighted by Gasteiger charge is 2.16. The quantitative estimate of drug-likeness (QED) is 0.424. The van der Waals surface area contributed by atoms with Crippen molar-refractivity contribution in [3.8, 4) is 5.69 Å². The Morgan fingerprint density at radius 1 is 1.19 bits per heavy atom. The van der Waals surface area contributed by atoms with Gasteiger partial charge in [-0.25, -0.2) is 4.68 Å². The molecule has 7 nitrogen and oxygen atoms in total. The Morgan fingerprint density at radius 2 is 1.85 bits per heavy atom. The molecule has 0 aliphatic carbocycles. The topological polar surface area (TPSA) is 93.3 Å². The Kier molecular flexibility index (Phi) is 4.73. The molecule has 1 aromatic heterocycles. The summed E-state index contributed by atoms with van der Waals surface area (Å²) in [4.78, 5) is 27.5. The second-order valence-electron chi connectivity index (χ2n) is 5.67. The van der Waals surface area contributed by atoms with E-state index in [2.05, 4.69) is 10.1 Å². The zero-order valence-electron chi connectivity index (χ0n) is 14.1. The van der Waals surface area contributed by atoms with Gasteiger partial charge in [-0.15, -0.1) is 0 Å². The summed E-state index contributed by atoms with van der Waals surface area (Å²) in [6.07, 6.45) is 0. The summed E-state index contributed by atoms with van der Waals surface area (Å²) < 4.78 is 1.33. The van der Waals surface area contributed by atoms with Gasteiger partial charge in [0.1, 0.15) is 0 Å². The number of aromatic amines is 1. The van der Waals surface area contributed by atoms with E-state index in [-0.39, 0.29) is 11.2 Å². The highest BCUT2D eigenvalue weighted by atomic mass is 35.5. The minimum absolute atomic E-state index is 0.0400. The molecule has 0 saturated heterocycles. The molecule has 132 valence electrons. The molecule has 0 spiro atoms. The van der Waals surface area contributed by atoms with Crippen LogP contribution in [0.2, 0.25) is 5.02 Å². The number of para-hydroxylation sites is 1. The fraction of sp³-hybridized carbons (Fsp3) is 0.111. The number of nitrogens with one attached hydrogen (secondary N) is 1. The molecule has 1 heterocycles. The predicted molar refractivity (Wildman–Crippen MR) is 101 cm³/mol. The van der Waals surface area contributed by atoms with Gasteiger partial charge in [0.05, 0.1) is 32.6 Å². The van der Waals surface area contributed by atoms with Crippen molar-refractivity contribution < 1.29 is 4.92 Å². The van der Waals surface area contributed by atoms with Crippen LogP contribution in [0.4, 0.5) is 11.4 Å². The molecule has 0 amide bonds. The van der Waals surface area contributed by atoms with Crippen LogP contribution >= 0.6 is 11.6 Å². The van der Waals surface area contributed by atoms with Gasteiger partial charge in [0.25, 0.3) is 11.2 Å². The third-order valence-electron chi connectivity index (χ3n) is 3.89. The lowest BCUT2D eigenvalue weighted by Gasteiger charge is -2.01. The van der Waals surface area contributed by atoms with Gasteiger partial charge in [-0.2, -0.15) is 0 Å². The monoisotopic (exact) mass is 370 g/mol. The first-order chi connectivity index (χ1) is 12.4. The fourth-order valence-electron chi connectivity index (χ4n) is 2.66. The van der Waals surface area contributed by atoms with Crippen LogP contribution in [-0.2, 0) is 0 Å². The van der Waals surface area contributed by atoms with Crippen LogP contribution in [0.15, 0.2) is 58.3 Å². The number of nitro groups is 1. The highest BCUT2D eigenvalue weighted by Crippen LogP contribution is 2.24. The summed E-state index contributed by atoms with van der Waals surface area (Å²) in [5.41, 5.74) is 2.35. The predicted octanol–water partition coefficient (Wildman–Crippen LogP) is 4.18. The number of non-ortho nitro benzene ring substituents is 1. The van der Waals surface area contributed by atoms with Crippen LogP contribution in [0, 0.1) is 17.0 Å². The van der Waals surface area contributed by atoms with E-state index in [4.69, 9.17) is 11.6 Å². The first-order valence-electron chi connectivity index (χ1n) is 7.75. The zero-order valence-corrected chi connectivity index (χ0v) is 14.8. The van der Waals surface area contributed by atoms with Gasteiger partial charge < -0.3 is 0 Å². The van der Waals surface area contributed by atoms with Crippen molar-refractivity contribution in [1.29, 1.82) is 0 Å². The minimum Gasteiger partial charge on any atom is -0.295 e. The number of aromatic nitrogens is 2. The molecule has 1 N–H and O–H groups in total. The second kappa shape index (κ2) is 6.97. The highest BCUT2D eigenvalue weighted by molar-refractivity contribution is 6.33. The number of halogens is 1. The molecule has 0 radical (unpaired) electrons. The minimum atomic E-state index is -0.488. The van der Waals surface area contributed by atoms with E-state index >= 15 is 0 Å². The number of benzene rings is 2. The van der Waals surface area contributed by atoms with Crippen LogP contribution in [-0.4, -0.2) is 20.4 Å². The van der Waals surface area contributed by atoms with Gasteiger partial charge in [-0.1, -0.05) is 23.7 Å². The molecule has 3 aromatic rings. The number of aryl methyl sites for hydroxylation is 1. The maximum absolute atomic E-state index is 12.8. The molecule has 0 atom stereocenters. The van der Waals surface area contributed by atoms with Crippen LogP contribution in [0.5, 0.6) is 0 Å². The van der Waals surface area contributed by atoms with Crippen molar-refractivity contribution in [2.75, 3.05) is 0 Å². The third-order valence-corrected chi connectivity index (χ3v) is 4.21. The van der Waals surface area contributed by atoms with Gasteiger partial charge in [0, 0.05) is 17.8 Å². The lowest BCUT2D eigenvalue weighted by Crippen LogP contribution is -2.19. The summed E-state index contributed by atoms with van der Waals surface area (Å²) >= 11 is 6.12. The molecular weight excluding hydrogens is 356 g/mol. The van der Waals surface area contributed by atoms with Crippen LogP contribution in [0.25, 0.3) is 5.69 Å². The Balaban J connectivity index is 2.04. The van der Waals surface area contributed by atoms with E-state index in [0.717, 1.165) is 0 Å². The molecule has 2 aromatic carbocycles. The number of rotatable bonds is 4. The summed E-state index contributed by atoms with van der Waals surface area (Å²) in [7, 11) is 0. The number of hydrogen-bond donors (Lipinski definition) is 1. The summed E-state index contributed by atoms with van der Waals surface area (Å²) in [6.45, 7) is 3.51. The Bertz CT molecular complexity index is 1060. The molecule has 0 aliphatic heterocycles. The van der Waals surface area contributed by atoms with Crippen LogP contribution < -0.4 is 5.56 Å². The third kappa shape index (κ3) is 3.29. The van der Waals surface area contributed by atoms with Crippen molar-refractivity contribution in [3.63, 3.8) is 0 Å². The Hall–Kier alpha value is -3.19. The normalized spacial score (nSPS) is 11.6. The van der Waals surface area contributed by atoms with Crippen LogP contribution in [0.1, 0.15) is 18.2 Å². The summed E-state index contributed by atoms with van der Waals surface area (Å²) in [5.74, 6) is 0. The number of nitrogens with zero attached hydrogens (tertiary/aromatic N) is 3. The average Bonchev–Trinajstić information content (AvgIpc) is 2.91. The smallest absolute Gasteiger partial charge is 0.280 e. The largest absolute Gasteiger partial charge is 0.295 e. The molecule has 3 rings (SSSR count). The second-order valence-corrected chi connectivity index (χ2v) is 6.08. The Labute approximate surface area is 153 Å². The molecule has 0 saturated carbocycles. The maximum atomic E-state index is 12.8. The molecule has 0 bridgehead atoms. The van der Waals surface area contributed by atoms with Gasteiger partial charge >= 0.3 is 0 Å². The first kappa shape index (κ1) is 17.6. The molecule has 0 aliphatic rings. The van der Waals surface area contributed by atoms with E-state index in [9.17, 15) is 14.9 Å². The van der Waals surface area contributed by atoms with E-state index in [1.807, 2.05) is 6.07 Å². The summed E-state index contributed by atoms with van der Waals surface area (Å²) in [5, 5.41) is 14.2. The molecular formula is C18H15ClN4O3. The van der Waals surface area contributed by atoms with Crippen molar-refractivity contribution in [2.45, 2.75) is 13.8 Å². The Morgan fingerprint density at radius 3 is 2.46 bits per heavy atom. The zero-order chi connectivity index (χ0) is 18.8. The first-order valence-corrected chi connectivity index (χ1v) is 8.13. The van der Waals surface area contributed by atoms with Gasteiger partial charge in [-0.3, -0.25) is 25.0 Å². The fourth-order valence-corrected chi connectivity index (χ4v) is 2.83. The van der Waals surface area contributed by atoms with E-state index in [1.165, 1.54) is 28.9 Å². The van der Waals surface area contributed by atoms with Crippen molar-refractivity contribution in [3.05, 3.63) is 85.3 Å². The van der Waals surface area contributed by atoms with E-state index in [1.54, 1.807) is 32.0 Å². The van der Waals surface area contributed by atoms with Gasteiger partial charge in [-0.05, 0) is 38.1 Å². The number of hydrogen-bond acceptors (Lipinski definition) is 4. The number of H-pyrrole nitrogens is 1. The summed E-state index contributed by atoms with van der Waals surface area (Å²) in [6, 6.07) is 12.8. The molecule has 0 unspecified atom stereocenters.